The van der Waals surface area contributed by atoms with Gasteiger partial charge in [0.25, 0.3) is 0 Å². The molecule has 1 heterocycles. The van der Waals surface area contributed by atoms with Crippen molar-refractivity contribution in [2.75, 3.05) is 26.2 Å². The molecule has 2 rings (SSSR count). The zero-order valence-corrected chi connectivity index (χ0v) is 11.2. The van der Waals surface area contributed by atoms with Gasteiger partial charge in [0.1, 0.15) is 0 Å². The van der Waals surface area contributed by atoms with E-state index in [1.54, 1.807) is 0 Å². The molecular weight excluding hydrogens is 218 g/mol. The molecule has 0 aromatic carbocycles. The fraction of sp³-hybridized carbons (Fsp3) is 0.917. The van der Waals surface area contributed by atoms with Crippen LogP contribution in [0, 0.1) is 0 Å². The quantitative estimate of drug-likeness (QED) is 0.770. The Morgan fingerprint density at radius 3 is 2.81 bits per heavy atom. The van der Waals surface area contributed by atoms with Gasteiger partial charge in [-0.05, 0) is 25.8 Å². The van der Waals surface area contributed by atoms with Gasteiger partial charge in [0.05, 0.1) is 6.54 Å². The molecule has 0 bridgehead atoms. The van der Waals surface area contributed by atoms with E-state index >= 15 is 0 Å². The fourth-order valence-corrected chi connectivity index (χ4v) is 3.04. The van der Waals surface area contributed by atoms with E-state index in [-0.39, 0.29) is 0 Å². The molecule has 1 N–H and O–H groups in total. The number of likely N-dealkylation sites (N-methyl/N-ethyl adjacent to an activating group) is 1. The summed E-state index contributed by atoms with van der Waals surface area (Å²) in [5.41, 5.74) is 0. The number of amidine groups is 1. The molecule has 16 heavy (non-hydrogen) atoms. The maximum Gasteiger partial charge on any atom is 0.156 e. The average Bonchev–Trinajstić information content (AvgIpc) is 3.04. The molecule has 0 radical (unpaired) electrons. The normalized spacial score (nSPS) is 24.9. The van der Waals surface area contributed by atoms with E-state index in [1.165, 1.54) is 31.0 Å². The minimum absolute atomic E-state index is 0.716. The van der Waals surface area contributed by atoms with Crippen molar-refractivity contribution >= 4 is 16.9 Å². The van der Waals surface area contributed by atoms with Gasteiger partial charge in [0.2, 0.25) is 0 Å². The molecule has 1 fully saturated rings. The number of hydrogen-bond acceptors (Lipinski definition) is 4. The summed E-state index contributed by atoms with van der Waals surface area (Å²) in [6.45, 7) is 8.90. The average molecular weight is 241 g/mol. The van der Waals surface area contributed by atoms with Crippen LogP contribution in [0.25, 0.3) is 0 Å². The Morgan fingerprint density at radius 2 is 2.25 bits per heavy atom. The molecule has 1 aliphatic heterocycles. The van der Waals surface area contributed by atoms with Gasteiger partial charge in [-0.15, -0.1) is 0 Å². The first-order valence-electron chi connectivity index (χ1n) is 6.52. The maximum atomic E-state index is 4.52. The Kier molecular flexibility index (Phi) is 4.53. The van der Waals surface area contributed by atoms with Gasteiger partial charge in [-0.3, -0.25) is 9.89 Å². The number of aliphatic imine (C=N–C) groups is 1. The van der Waals surface area contributed by atoms with E-state index in [2.05, 4.69) is 29.1 Å². The van der Waals surface area contributed by atoms with Gasteiger partial charge in [-0.25, -0.2) is 0 Å². The molecule has 1 aliphatic carbocycles. The van der Waals surface area contributed by atoms with Crippen LogP contribution in [0.4, 0.5) is 0 Å². The smallest absolute Gasteiger partial charge is 0.156 e. The summed E-state index contributed by atoms with van der Waals surface area (Å²) < 4.78 is 0. The van der Waals surface area contributed by atoms with Crippen LogP contribution in [0.15, 0.2) is 4.99 Å². The summed E-state index contributed by atoms with van der Waals surface area (Å²) in [5, 5.41) is 5.35. The van der Waals surface area contributed by atoms with E-state index < -0.39 is 0 Å². The van der Waals surface area contributed by atoms with E-state index in [0.717, 1.165) is 25.7 Å². The van der Waals surface area contributed by atoms with Gasteiger partial charge in [-0.1, -0.05) is 25.6 Å². The molecule has 4 heteroatoms. The molecule has 0 aromatic rings. The summed E-state index contributed by atoms with van der Waals surface area (Å²) in [5.74, 6) is 0. The Hall–Kier alpha value is -0.220. The summed E-state index contributed by atoms with van der Waals surface area (Å²) in [7, 11) is 0. The number of hydrogen-bond donors (Lipinski definition) is 1. The van der Waals surface area contributed by atoms with Crippen LogP contribution in [0.3, 0.4) is 0 Å². The highest BCUT2D eigenvalue weighted by Crippen LogP contribution is 2.26. The first kappa shape index (κ1) is 12.2. The van der Waals surface area contributed by atoms with Crippen LogP contribution >= 0.6 is 11.8 Å². The minimum Gasteiger partial charge on any atom is -0.364 e. The third kappa shape index (κ3) is 3.39. The second kappa shape index (κ2) is 5.92. The molecule has 0 aromatic heterocycles. The molecule has 1 atom stereocenters. The Labute approximate surface area is 103 Å². The van der Waals surface area contributed by atoms with Crippen molar-refractivity contribution in [3.63, 3.8) is 0 Å². The van der Waals surface area contributed by atoms with Gasteiger partial charge >= 0.3 is 0 Å². The fourth-order valence-electron chi connectivity index (χ4n) is 2.07. The van der Waals surface area contributed by atoms with Crippen molar-refractivity contribution in [3.8, 4) is 0 Å². The van der Waals surface area contributed by atoms with Crippen molar-refractivity contribution in [3.05, 3.63) is 0 Å². The van der Waals surface area contributed by atoms with Crippen molar-refractivity contribution < 1.29 is 0 Å². The zero-order valence-electron chi connectivity index (χ0n) is 10.4. The highest BCUT2D eigenvalue weighted by atomic mass is 32.2. The van der Waals surface area contributed by atoms with Crippen LogP contribution in [0.2, 0.25) is 0 Å². The SMILES string of the molecule is CCC1CN=C(NCCN(CC)C2CC2)S1. The van der Waals surface area contributed by atoms with E-state index in [4.69, 9.17) is 0 Å². The van der Waals surface area contributed by atoms with E-state index in [1.807, 2.05) is 11.8 Å². The first-order chi connectivity index (χ1) is 7.83. The third-order valence-corrected chi connectivity index (χ3v) is 4.63. The topological polar surface area (TPSA) is 27.6 Å². The van der Waals surface area contributed by atoms with Crippen molar-refractivity contribution in [1.82, 2.24) is 10.2 Å². The van der Waals surface area contributed by atoms with Crippen LogP contribution in [0.5, 0.6) is 0 Å². The van der Waals surface area contributed by atoms with Crippen LogP contribution in [-0.4, -0.2) is 47.5 Å². The minimum atomic E-state index is 0.716. The predicted molar refractivity (Wildman–Crippen MR) is 72.2 cm³/mol. The standard InChI is InChI=1S/C12H23N3S/c1-3-11-9-14-12(16-11)13-7-8-15(4-2)10-5-6-10/h10-11H,3-9H2,1-2H3,(H,13,14). The van der Waals surface area contributed by atoms with Crippen molar-refractivity contribution in [2.24, 2.45) is 4.99 Å². The van der Waals surface area contributed by atoms with Gasteiger partial charge in [-0.2, -0.15) is 0 Å². The van der Waals surface area contributed by atoms with Crippen molar-refractivity contribution in [2.45, 2.75) is 44.4 Å². The van der Waals surface area contributed by atoms with Crippen LogP contribution in [-0.2, 0) is 0 Å². The highest BCUT2D eigenvalue weighted by Gasteiger charge is 2.27. The maximum absolute atomic E-state index is 4.52. The Balaban J connectivity index is 1.60. The Morgan fingerprint density at radius 1 is 1.44 bits per heavy atom. The van der Waals surface area contributed by atoms with Gasteiger partial charge < -0.3 is 5.32 Å². The lowest BCUT2D eigenvalue weighted by molar-refractivity contribution is 0.282. The molecule has 1 unspecified atom stereocenters. The molecule has 0 spiro atoms. The first-order valence-corrected chi connectivity index (χ1v) is 7.40. The molecule has 2 aliphatic rings. The summed E-state index contributed by atoms with van der Waals surface area (Å²) in [6, 6.07) is 0.883. The van der Waals surface area contributed by atoms with Crippen LogP contribution < -0.4 is 5.32 Å². The monoisotopic (exact) mass is 241 g/mol. The van der Waals surface area contributed by atoms with Gasteiger partial charge in [0.15, 0.2) is 5.17 Å². The molecule has 0 amide bonds. The molecular formula is C12H23N3S. The lowest BCUT2D eigenvalue weighted by Gasteiger charge is -2.20. The largest absolute Gasteiger partial charge is 0.364 e. The van der Waals surface area contributed by atoms with Crippen LogP contribution in [0.1, 0.15) is 33.1 Å². The lowest BCUT2D eigenvalue weighted by atomic mass is 10.3. The van der Waals surface area contributed by atoms with E-state index in [0.29, 0.717) is 5.25 Å². The van der Waals surface area contributed by atoms with Crippen molar-refractivity contribution in [1.29, 1.82) is 0 Å². The summed E-state index contributed by atoms with van der Waals surface area (Å²) >= 11 is 1.91. The second-order valence-electron chi connectivity index (χ2n) is 4.58. The summed E-state index contributed by atoms with van der Waals surface area (Å²) in [4.78, 5) is 7.09. The lowest BCUT2D eigenvalue weighted by Crippen LogP contribution is -2.35. The number of rotatable bonds is 6. The number of nitrogens with one attached hydrogen (secondary N) is 1. The number of thioether (sulfide) groups is 1. The second-order valence-corrected chi connectivity index (χ2v) is 5.87. The zero-order chi connectivity index (χ0) is 11.4. The molecule has 0 saturated heterocycles. The number of nitrogens with zero attached hydrogens (tertiary/aromatic N) is 2. The highest BCUT2D eigenvalue weighted by molar-refractivity contribution is 8.14. The van der Waals surface area contributed by atoms with Gasteiger partial charge in [0, 0.05) is 24.4 Å². The molecule has 1 saturated carbocycles. The Bertz CT molecular complexity index is 251. The third-order valence-electron chi connectivity index (χ3n) is 3.32. The van der Waals surface area contributed by atoms with E-state index in [9.17, 15) is 0 Å². The summed E-state index contributed by atoms with van der Waals surface area (Å²) in [6.07, 6.45) is 4.03. The molecule has 3 nitrogen and oxygen atoms in total. The predicted octanol–water partition coefficient (Wildman–Crippen LogP) is 1.94. The molecule has 92 valence electrons.